The molecule has 0 saturated heterocycles. The van der Waals surface area contributed by atoms with E-state index in [1.165, 1.54) is 0 Å². The summed E-state index contributed by atoms with van der Waals surface area (Å²) in [7, 11) is 0. The van der Waals surface area contributed by atoms with E-state index in [-0.39, 0.29) is 18.7 Å². The van der Waals surface area contributed by atoms with Crippen LogP contribution in [0.4, 0.5) is 0 Å². The van der Waals surface area contributed by atoms with Crippen LogP contribution in [0.3, 0.4) is 0 Å². The van der Waals surface area contributed by atoms with Gasteiger partial charge in [-0.05, 0) is 19.3 Å². The zero-order chi connectivity index (χ0) is 11.5. The van der Waals surface area contributed by atoms with Gasteiger partial charge in [0.2, 0.25) is 5.91 Å². The van der Waals surface area contributed by atoms with Gasteiger partial charge in [-0.1, -0.05) is 0 Å². The second kappa shape index (κ2) is 9.07. The molecule has 0 unspecified atom stereocenters. The summed E-state index contributed by atoms with van der Waals surface area (Å²) in [6.45, 7) is 0.619. The van der Waals surface area contributed by atoms with Crippen LogP contribution in [0.15, 0.2) is 0 Å². The third-order valence-corrected chi connectivity index (χ3v) is 1.86. The standard InChI is InChI=1S/C11H17NO3/c1-2-3-4-5-9-12-10(13)7-6-8-11(14)15/h1H,3-9H2,(H,12,13)(H,14,15). The first-order valence-corrected chi connectivity index (χ1v) is 5.08. The van der Waals surface area contributed by atoms with Crippen LogP contribution in [-0.2, 0) is 9.59 Å². The molecule has 0 aromatic carbocycles. The van der Waals surface area contributed by atoms with Crippen LogP contribution in [0.1, 0.15) is 38.5 Å². The van der Waals surface area contributed by atoms with Gasteiger partial charge in [0.25, 0.3) is 0 Å². The van der Waals surface area contributed by atoms with Gasteiger partial charge in [0, 0.05) is 25.8 Å². The number of aliphatic carboxylic acids is 1. The molecule has 0 aliphatic rings. The van der Waals surface area contributed by atoms with Gasteiger partial charge in [-0.2, -0.15) is 0 Å². The molecule has 0 bridgehead atoms. The van der Waals surface area contributed by atoms with Crippen molar-refractivity contribution in [3.63, 3.8) is 0 Å². The Kier molecular flexibility index (Phi) is 8.16. The van der Waals surface area contributed by atoms with E-state index in [0.29, 0.717) is 13.0 Å². The number of carbonyl (C=O) groups excluding carboxylic acids is 1. The monoisotopic (exact) mass is 211 g/mol. The van der Waals surface area contributed by atoms with Crippen LogP contribution in [0.25, 0.3) is 0 Å². The summed E-state index contributed by atoms with van der Waals surface area (Å²) >= 11 is 0. The Hall–Kier alpha value is -1.50. The van der Waals surface area contributed by atoms with Gasteiger partial charge >= 0.3 is 5.97 Å². The van der Waals surface area contributed by atoms with Crippen molar-refractivity contribution in [1.82, 2.24) is 5.32 Å². The Bertz CT molecular complexity index is 243. The summed E-state index contributed by atoms with van der Waals surface area (Å²) in [6.07, 6.45) is 8.30. The van der Waals surface area contributed by atoms with Gasteiger partial charge in [0.15, 0.2) is 0 Å². The number of terminal acetylenes is 1. The lowest BCUT2D eigenvalue weighted by Crippen LogP contribution is -2.24. The highest BCUT2D eigenvalue weighted by molar-refractivity contribution is 5.76. The SMILES string of the molecule is C#CCCCCNC(=O)CCCC(=O)O. The number of carboxylic acid groups (broad SMARTS) is 1. The number of rotatable bonds is 8. The highest BCUT2D eigenvalue weighted by Gasteiger charge is 2.02. The number of carbonyl (C=O) groups is 2. The van der Waals surface area contributed by atoms with E-state index in [9.17, 15) is 9.59 Å². The van der Waals surface area contributed by atoms with Gasteiger partial charge in [0.1, 0.15) is 0 Å². The molecule has 0 aromatic rings. The van der Waals surface area contributed by atoms with Crippen LogP contribution >= 0.6 is 0 Å². The number of carboxylic acids is 1. The minimum absolute atomic E-state index is 0.0461. The van der Waals surface area contributed by atoms with Crippen molar-refractivity contribution in [2.75, 3.05) is 6.54 Å². The molecule has 4 nitrogen and oxygen atoms in total. The molecule has 0 aliphatic carbocycles. The van der Waals surface area contributed by atoms with Gasteiger partial charge in [-0.25, -0.2) is 0 Å². The fourth-order valence-electron chi connectivity index (χ4n) is 1.07. The van der Waals surface area contributed by atoms with Crippen molar-refractivity contribution in [2.45, 2.75) is 38.5 Å². The quantitative estimate of drug-likeness (QED) is 0.467. The summed E-state index contributed by atoms with van der Waals surface area (Å²) in [5.41, 5.74) is 0. The lowest BCUT2D eigenvalue weighted by molar-refractivity contribution is -0.137. The first-order chi connectivity index (χ1) is 7.16. The second-order valence-corrected chi connectivity index (χ2v) is 3.26. The minimum atomic E-state index is -0.864. The smallest absolute Gasteiger partial charge is 0.303 e. The Labute approximate surface area is 90.1 Å². The van der Waals surface area contributed by atoms with Crippen molar-refractivity contribution < 1.29 is 14.7 Å². The molecule has 0 aromatic heterocycles. The maximum atomic E-state index is 11.1. The van der Waals surface area contributed by atoms with Crippen LogP contribution in [0.5, 0.6) is 0 Å². The van der Waals surface area contributed by atoms with Gasteiger partial charge in [-0.15, -0.1) is 12.3 Å². The predicted octanol–water partition coefficient (Wildman–Crippen LogP) is 1.16. The molecule has 2 N–H and O–H groups in total. The first-order valence-electron chi connectivity index (χ1n) is 5.08. The number of amides is 1. The zero-order valence-corrected chi connectivity index (χ0v) is 8.79. The molecule has 84 valence electrons. The summed E-state index contributed by atoms with van der Waals surface area (Å²) in [5.74, 6) is 1.57. The maximum Gasteiger partial charge on any atom is 0.303 e. The van der Waals surface area contributed by atoms with Gasteiger partial charge < -0.3 is 10.4 Å². The predicted molar refractivity (Wildman–Crippen MR) is 57.2 cm³/mol. The zero-order valence-electron chi connectivity index (χ0n) is 8.79. The third kappa shape index (κ3) is 10.4. The number of hydrogen-bond acceptors (Lipinski definition) is 2. The molecule has 0 radical (unpaired) electrons. The minimum Gasteiger partial charge on any atom is -0.481 e. The average Bonchev–Trinajstić information content (AvgIpc) is 2.17. The molecule has 0 atom stereocenters. The maximum absolute atomic E-state index is 11.1. The molecule has 0 saturated carbocycles. The molecule has 0 fully saturated rings. The second-order valence-electron chi connectivity index (χ2n) is 3.26. The Morgan fingerprint density at radius 3 is 2.53 bits per heavy atom. The summed E-state index contributed by atoms with van der Waals surface area (Å²) in [6, 6.07) is 0. The first kappa shape index (κ1) is 13.5. The Morgan fingerprint density at radius 1 is 1.20 bits per heavy atom. The van der Waals surface area contributed by atoms with Crippen molar-refractivity contribution in [3.05, 3.63) is 0 Å². The lowest BCUT2D eigenvalue weighted by Gasteiger charge is -2.03. The van der Waals surface area contributed by atoms with Gasteiger partial charge in [0.05, 0.1) is 0 Å². The van der Waals surface area contributed by atoms with Crippen LogP contribution < -0.4 is 5.32 Å². The Morgan fingerprint density at radius 2 is 1.93 bits per heavy atom. The number of hydrogen-bond donors (Lipinski definition) is 2. The molecular formula is C11H17NO3. The third-order valence-electron chi connectivity index (χ3n) is 1.86. The van der Waals surface area contributed by atoms with Crippen molar-refractivity contribution >= 4 is 11.9 Å². The largest absolute Gasteiger partial charge is 0.481 e. The molecule has 0 rings (SSSR count). The lowest BCUT2D eigenvalue weighted by atomic mass is 10.2. The van der Waals surface area contributed by atoms with E-state index in [4.69, 9.17) is 11.5 Å². The van der Waals surface area contributed by atoms with Crippen molar-refractivity contribution in [2.24, 2.45) is 0 Å². The van der Waals surface area contributed by atoms with E-state index >= 15 is 0 Å². The summed E-state index contributed by atoms with van der Waals surface area (Å²) in [4.78, 5) is 21.3. The van der Waals surface area contributed by atoms with Crippen molar-refractivity contribution in [1.29, 1.82) is 0 Å². The molecular weight excluding hydrogens is 194 g/mol. The molecule has 1 amide bonds. The average molecular weight is 211 g/mol. The number of unbranched alkanes of at least 4 members (excludes halogenated alkanes) is 2. The van der Waals surface area contributed by atoms with Crippen LogP contribution in [-0.4, -0.2) is 23.5 Å². The van der Waals surface area contributed by atoms with Crippen LogP contribution in [0, 0.1) is 12.3 Å². The van der Waals surface area contributed by atoms with Crippen LogP contribution in [0.2, 0.25) is 0 Å². The molecule has 4 heteroatoms. The van der Waals surface area contributed by atoms with E-state index in [0.717, 1.165) is 19.3 Å². The Balaban J connectivity index is 3.27. The highest BCUT2D eigenvalue weighted by atomic mass is 16.4. The van der Waals surface area contributed by atoms with Crippen molar-refractivity contribution in [3.8, 4) is 12.3 Å². The fraction of sp³-hybridized carbons (Fsp3) is 0.636. The number of nitrogens with one attached hydrogen (secondary N) is 1. The van der Waals surface area contributed by atoms with E-state index in [1.807, 2.05) is 0 Å². The topological polar surface area (TPSA) is 66.4 Å². The fourth-order valence-corrected chi connectivity index (χ4v) is 1.07. The van der Waals surface area contributed by atoms with E-state index in [2.05, 4.69) is 11.2 Å². The molecule has 15 heavy (non-hydrogen) atoms. The normalized spacial score (nSPS) is 9.27. The molecule has 0 heterocycles. The summed E-state index contributed by atoms with van der Waals surface area (Å²) in [5, 5.41) is 11.1. The van der Waals surface area contributed by atoms with E-state index in [1.54, 1.807) is 0 Å². The molecule has 0 aliphatic heterocycles. The molecule has 0 spiro atoms. The van der Waals surface area contributed by atoms with Gasteiger partial charge in [-0.3, -0.25) is 9.59 Å². The summed E-state index contributed by atoms with van der Waals surface area (Å²) < 4.78 is 0. The van der Waals surface area contributed by atoms with E-state index < -0.39 is 5.97 Å². The highest BCUT2D eigenvalue weighted by Crippen LogP contribution is 1.96.